The maximum absolute atomic E-state index is 0. The third-order valence-corrected chi connectivity index (χ3v) is 0. The molecule has 6 heavy (non-hydrogen) atoms. The van der Waals surface area contributed by atoms with E-state index in [2.05, 4.69) is 0 Å². The van der Waals surface area contributed by atoms with Crippen LogP contribution in [0.15, 0.2) is 0 Å². The molecule has 38 valence electrons. The minimum absolute atomic E-state index is 0. The smallest absolute Gasteiger partial charge is 3.00 e. The molecule has 0 saturated heterocycles. The Labute approximate surface area is 70.4 Å². The third kappa shape index (κ3) is 50.3. The number of rotatable bonds is 0. The van der Waals surface area contributed by atoms with Crippen LogP contribution < -0.4 is 0 Å². The Balaban J connectivity index is 0. The van der Waals surface area contributed by atoms with E-state index in [0.717, 1.165) is 0 Å². The molecule has 0 spiro atoms. The zero-order valence-electron chi connectivity index (χ0n) is 2.46. The van der Waals surface area contributed by atoms with E-state index in [1.165, 1.54) is 0 Å². The molecule has 0 fully saturated rings. The van der Waals surface area contributed by atoms with Gasteiger partial charge in [0.15, 0.2) is 0 Å². The molecule has 0 heterocycles. The molecule has 0 unspecified atom stereocenters. The molecule has 0 saturated carbocycles. The first kappa shape index (κ1) is 144. The molecule has 0 aromatic rings. The summed E-state index contributed by atoms with van der Waals surface area (Å²) in [6.07, 6.45) is 0. The molecule has 0 aliphatic carbocycles. The maximum Gasteiger partial charge on any atom is 5.00 e. The summed E-state index contributed by atoms with van der Waals surface area (Å²) in [5.74, 6) is 0. The molecule has 0 amide bonds. The second-order valence-electron chi connectivity index (χ2n) is 0. The van der Waals surface area contributed by atoms with Gasteiger partial charge in [0, 0.05) is 0 Å². The topological polar surface area (TPSA) is 91.5 Å². The van der Waals surface area contributed by atoms with E-state index in [1.54, 1.807) is 0 Å². The van der Waals surface area contributed by atoms with Crippen LogP contribution in [0, 0.1) is 0 Å². The van der Waals surface area contributed by atoms with Crippen molar-refractivity contribution in [3.63, 3.8) is 0 Å². The van der Waals surface area contributed by atoms with Crippen molar-refractivity contribution >= 4 is 0 Å². The van der Waals surface area contributed by atoms with Gasteiger partial charge < -0.3 is 18.5 Å². The van der Waals surface area contributed by atoms with E-state index < -0.39 is 0 Å². The normalized spacial score (nSPS) is 0. The molecule has 2 radical (unpaired) electrons. The molecule has 6 heteroatoms. The summed E-state index contributed by atoms with van der Waals surface area (Å²) in [4.78, 5) is 0. The first-order valence-corrected chi connectivity index (χ1v) is 0. The molecule has 0 bridgehead atoms. The van der Waals surface area contributed by atoms with Crippen molar-refractivity contribution in [1.82, 2.24) is 0 Å². The van der Waals surface area contributed by atoms with Crippen molar-refractivity contribution in [2.45, 2.75) is 0 Å². The molecular formula is Co2N3V. The fourth-order valence-corrected chi connectivity index (χ4v) is 0. The van der Waals surface area contributed by atoms with Crippen LogP contribution in [0.2, 0.25) is 0 Å². The van der Waals surface area contributed by atoms with Crippen molar-refractivity contribution in [1.29, 1.82) is 0 Å². The Morgan fingerprint density at radius 3 is 0.500 bits per heavy atom. The van der Waals surface area contributed by atoms with Gasteiger partial charge in [0.2, 0.25) is 0 Å². The maximum atomic E-state index is 0. The minimum atomic E-state index is 0. The summed E-state index contributed by atoms with van der Waals surface area (Å²) in [6.45, 7) is 0. The molecule has 0 atom stereocenters. The fraction of sp³-hybridized carbons (Fsp3) is 0. The van der Waals surface area contributed by atoms with Gasteiger partial charge in [-0.05, 0) is 0 Å². The molecule has 0 aliphatic rings. The number of hydrogen-bond acceptors (Lipinski definition) is 0. The minimum Gasteiger partial charge on any atom is -3.00 e. The molecule has 0 aromatic carbocycles. The average Bonchev–Trinajstić information content (AvgIpc) is 0. The van der Waals surface area contributed by atoms with E-state index in [-0.39, 0.29) is 70.6 Å². The quantitative estimate of drug-likeness (QED) is 0.568. The van der Waals surface area contributed by atoms with Gasteiger partial charge in [-0.1, -0.05) is 0 Å². The van der Waals surface area contributed by atoms with Crippen molar-refractivity contribution in [3.8, 4) is 0 Å². The largest absolute Gasteiger partial charge is 5.00 e. The van der Waals surface area contributed by atoms with Crippen LogP contribution in [0.1, 0.15) is 0 Å². The van der Waals surface area contributed by atoms with Crippen LogP contribution >= 0.6 is 0 Å². The fourth-order valence-electron chi connectivity index (χ4n) is 0. The van der Waals surface area contributed by atoms with Gasteiger partial charge in [0.1, 0.15) is 0 Å². The first-order valence-electron chi connectivity index (χ1n) is 0. The Kier molecular flexibility index (Phi) is 2130. The van der Waals surface area contributed by atoms with E-state index >= 15 is 0 Å². The van der Waals surface area contributed by atoms with Gasteiger partial charge in [0.05, 0.1) is 0 Å². The van der Waals surface area contributed by atoms with Gasteiger partial charge in [-0.3, -0.25) is 0 Å². The zero-order valence-corrected chi connectivity index (χ0v) is 5.93. The molecule has 0 aromatic heterocycles. The summed E-state index contributed by atoms with van der Waals surface area (Å²) >= 11 is 0. The second-order valence-corrected chi connectivity index (χ2v) is 0. The predicted molar refractivity (Wildman–Crippen MR) is 10.1 cm³/mol. The summed E-state index contributed by atoms with van der Waals surface area (Å²) < 4.78 is 0. The van der Waals surface area contributed by atoms with Crippen LogP contribution in [0.3, 0.4) is 0 Å². The SMILES string of the molecule is [Co+2].[Co+2].[N-3].[N-3].[N-3].[V+5]. The summed E-state index contributed by atoms with van der Waals surface area (Å²) in [6, 6.07) is 0. The Bertz CT molecular complexity index is 8.75. The molecule has 0 aliphatic heterocycles. The van der Waals surface area contributed by atoms with E-state index in [1.807, 2.05) is 0 Å². The molecule has 0 N–H and O–H groups in total. The van der Waals surface area contributed by atoms with E-state index in [0.29, 0.717) is 0 Å². The van der Waals surface area contributed by atoms with Crippen molar-refractivity contribution < 1.29 is 52.1 Å². The summed E-state index contributed by atoms with van der Waals surface area (Å²) in [5, 5.41) is 0. The Morgan fingerprint density at radius 1 is 0.500 bits per heavy atom. The number of hydrogen-bond donors (Lipinski definition) is 0. The van der Waals surface area contributed by atoms with E-state index in [9.17, 15) is 0 Å². The Hall–Kier alpha value is 1.48. The van der Waals surface area contributed by atoms with E-state index in [4.69, 9.17) is 0 Å². The van der Waals surface area contributed by atoms with Gasteiger partial charge in [-0.15, -0.1) is 0 Å². The zero-order chi connectivity index (χ0) is 0. The second kappa shape index (κ2) is 89.0. The monoisotopic (exact) mass is 211 g/mol. The Morgan fingerprint density at radius 2 is 0.500 bits per heavy atom. The van der Waals surface area contributed by atoms with Crippen molar-refractivity contribution in [2.24, 2.45) is 0 Å². The average molecular weight is 211 g/mol. The molecular weight excluding hydrogens is 211 g/mol. The summed E-state index contributed by atoms with van der Waals surface area (Å²) in [7, 11) is 0. The third-order valence-electron chi connectivity index (χ3n) is 0. The van der Waals surface area contributed by atoms with Crippen LogP contribution in [0.4, 0.5) is 0 Å². The van der Waals surface area contributed by atoms with Gasteiger partial charge in [-0.25, -0.2) is 0 Å². The van der Waals surface area contributed by atoms with Crippen LogP contribution in [0.25, 0.3) is 18.5 Å². The van der Waals surface area contributed by atoms with Gasteiger partial charge >= 0.3 is 52.1 Å². The summed E-state index contributed by atoms with van der Waals surface area (Å²) in [5.41, 5.74) is 0. The molecule has 0 rings (SSSR count). The van der Waals surface area contributed by atoms with Crippen LogP contribution in [0.5, 0.6) is 0 Å². The van der Waals surface area contributed by atoms with Gasteiger partial charge in [0.25, 0.3) is 0 Å². The van der Waals surface area contributed by atoms with Gasteiger partial charge in [-0.2, -0.15) is 0 Å². The standard InChI is InChI=1S/2Co.3N.V/q2*+2;3*-3;+5. The van der Waals surface area contributed by atoms with Crippen LogP contribution in [-0.4, -0.2) is 0 Å². The first-order chi connectivity index (χ1) is 0. The van der Waals surface area contributed by atoms with Crippen molar-refractivity contribution in [3.05, 3.63) is 18.5 Å². The van der Waals surface area contributed by atoms with Crippen molar-refractivity contribution in [2.75, 3.05) is 0 Å². The molecule has 3 nitrogen and oxygen atoms in total. The van der Waals surface area contributed by atoms with Crippen LogP contribution in [-0.2, 0) is 52.1 Å². The number of nitrogens with zero attached hydrogens (tertiary/aromatic N) is 3. The predicted octanol–water partition coefficient (Wildman–Crippen LogP) is 0.859.